The van der Waals surface area contributed by atoms with E-state index in [9.17, 15) is 24.1 Å². The van der Waals surface area contributed by atoms with Gasteiger partial charge in [-0.3, -0.25) is 24.9 Å². The molecule has 2 amide bonds. The third kappa shape index (κ3) is 6.36. The van der Waals surface area contributed by atoms with Gasteiger partial charge in [0.15, 0.2) is 0 Å². The van der Waals surface area contributed by atoms with Crippen molar-refractivity contribution in [1.29, 1.82) is 0 Å². The minimum absolute atomic E-state index is 0.0357. The van der Waals surface area contributed by atoms with Crippen LogP contribution in [-0.4, -0.2) is 33.5 Å². The SMILES string of the molecule is O=C(CCCCCCNC(=O)c1ccc(Cc2c[nH]c3ccc([N+](=O)[O-])cc23)c(F)c1)NO. The summed E-state index contributed by atoms with van der Waals surface area (Å²) in [6, 6.07) is 8.78. The molecule has 0 fully saturated rings. The van der Waals surface area contributed by atoms with Crippen molar-refractivity contribution in [2.24, 2.45) is 0 Å². The second-order valence-electron chi connectivity index (χ2n) is 7.74. The average molecular weight is 456 g/mol. The van der Waals surface area contributed by atoms with Crippen LogP contribution in [0.5, 0.6) is 0 Å². The summed E-state index contributed by atoms with van der Waals surface area (Å²) in [5.74, 6) is -1.31. The largest absolute Gasteiger partial charge is 0.361 e. The topological polar surface area (TPSA) is 137 Å². The fourth-order valence-corrected chi connectivity index (χ4v) is 3.59. The number of hydrogen-bond acceptors (Lipinski definition) is 5. The van der Waals surface area contributed by atoms with Crippen LogP contribution in [-0.2, 0) is 11.2 Å². The van der Waals surface area contributed by atoms with Gasteiger partial charge in [-0.2, -0.15) is 0 Å². The van der Waals surface area contributed by atoms with Crippen molar-refractivity contribution in [3.05, 3.63) is 75.2 Å². The number of nitrogens with zero attached hydrogens (tertiary/aromatic N) is 1. The van der Waals surface area contributed by atoms with E-state index in [1.165, 1.54) is 18.2 Å². The number of nitro groups is 1. The fourth-order valence-electron chi connectivity index (χ4n) is 3.59. The number of halogens is 1. The summed E-state index contributed by atoms with van der Waals surface area (Å²) in [4.78, 5) is 36.8. The van der Waals surface area contributed by atoms with Crippen molar-refractivity contribution < 1.29 is 24.1 Å². The van der Waals surface area contributed by atoms with Gasteiger partial charge in [0.2, 0.25) is 5.91 Å². The lowest BCUT2D eigenvalue weighted by molar-refractivity contribution is -0.384. The summed E-state index contributed by atoms with van der Waals surface area (Å²) < 4.78 is 14.7. The van der Waals surface area contributed by atoms with Crippen molar-refractivity contribution in [1.82, 2.24) is 15.8 Å². The second kappa shape index (κ2) is 11.2. The normalized spacial score (nSPS) is 10.8. The zero-order valence-electron chi connectivity index (χ0n) is 17.9. The number of carbonyl (C=O) groups excluding carboxylic acids is 2. The van der Waals surface area contributed by atoms with Gasteiger partial charge in [0.05, 0.1) is 4.92 Å². The van der Waals surface area contributed by atoms with Crippen LogP contribution in [0.25, 0.3) is 10.9 Å². The average Bonchev–Trinajstić information content (AvgIpc) is 3.21. The fraction of sp³-hybridized carbons (Fsp3) is 0.304. The first-order valence-electron chi connectivity index (χ1n) is 10.6. The Labute approximate surface area is 189 Å². The zero-order chi connectivity index (χ0) is 23.8. The molecule has 0 unspecified atom stereocenters. The molecule has 4 N–H and O–H groups in total. The third-order valence-electron chi connectivity index (χ3n) is 5.40. The molecule has 3 aromatic rings. The van der Waals surface area contributed by atoms with Crippen LogP contribution in [0.15, 0.2) is 42.6 Å². The molecule has 0 bridgehead atoms. The molecule has 0 saturated heterocycles. The number of nitro benzene ring substituents is 1. The van der Waals surface area contributed by atoms with E-state index >= 15 is 0 Å². The summed E-state index contributed by atoms with van der Waals surface area (Å²) in [5.41, 5.74) is 3.59. The lowest BCUT2D eigenvalue weighted by Gasteiger charge is -2.08. The maximum Gasteiger partial charge on any atom is 0.270 e. The quantitative estimate of drug-likeness (QED) is 0.150. The first kappa shape index (κ1) is 23.9. The summed E-state index contributed by atoms with van der Waals surface area (Å²) in [6.07, 6.45) is 5.16. The summed E-state index contributed by atoms with van der Waals surface area (Å²) in [5, 5.41) is 22.9. The third-order valence-corrected chi connectivity index (χ3v) is 5.40. The van der Waals surface area contributed by atoms with Gasteiger partial charge in [-0.05, 0) is 42.2 Å². The number of nitrogens with one attached hydrogen (secondary N) is 3. The molecule has 1 aromatic heterocycles. The van der Waals surface area contributed by atoms with Gasteiger partial charge in [0, 0.05) is 54.2 Å². The monoisotopic (exact) mass is 456 g/mol. The number of unbranched alkanes of at least 4 members (excludes halogenated alkanes) is 3. The minimum atomic E-state index is -0.524. The van der Waals surface area contributed by atoms with E-state index in [1.54, 1.807) is 29.9 Å². The minimum Gasteiger partial charge on any atom is -0.361 e. The molecule has 0 atom stereocenters. The zero-order valence-corrected chi connectivity index (χ0v) is 17.9. The number of carbonyl (C=O) groups is 2. The predicted octanol–water partition coefficient (Wildman–Crippen LogP) is 3.99. The molecule has 2 aromatic carbocycles. The lowest BCUT2D eigenvalue weighted by Crippen LogP contribution is -2.24. The van der Waals surface area contributed by atoms with E-state index in [-0.39, 0.29) is 30.0 Å². The van der Waals surface area contributed by atoms with E-state index in [2.05, 4.69) is 10.3 Å². The van der Waals surface area contributed by atoms with Crippen LogP contribution in [0.4, 0.5) is 10.1 Å². The number of aromatic nitrogens is 1. The lowest BCUT2D eigenvalue weighted by atomic mass is 10.0. The van der Waals surface area contributed by atoms with E-state index in [0.29, 0.717) is 23.9 Å². The van der Waals surface area contributed by atoms with Crippen LogP contribution in [0.3, 0.4) is 0 Å². The Morgan fingerprint density at radius 3 is 2.58 bits per heavy atom. The Hall–Kier alpha value is -3.79. The molecule has 9 nitrogen and oxygen atoms in total. The Bertz CT molecular complexity index is 1160. The molecule has 174 valence electrons. The van der Waals surface area contributed by atoms with Crippen LogP contribution < -0.4 is 10.8 Å². The molecular formula is C23H25FN4O5. The number of fused-ring (bicyclic) bond motifs is 1. The van der Waals surface area contributed by atoms with Crippen LogP contribution in [0.2, 0.25) is 0 Å². The molecule has 0 radical (unpaired) electrons. The van der Waals surface area contributed by atoms with Gasteiger partial charge in [-0.15, -0.1) is 0 Å². The second-order valence-corrected chi connectivity index (χ2v) is 7.74. The number of H-pyrrole nitrogens is 1. The highest BCUT2D eigenvalue weighted by Gasteiger charge is 2.14. The van der Waals surface area contributed by atoms with Crippen molar-refractivity contribution in [2.45, 2.75) is 38.5 Å². The molecule has 0 aliphatic heterocycles. The first-order valence-corrected chi connectivity index (χ1v) is 10.6. The number of rotatable bonds is 11. The Morgan fingerprint density at radius 2 is 1.85 bits per heavy atom. The van der Waals surface area contributed by atoms with Gasteiger partial charge >= 0.3 is 0 Å². The summed E-state index contributed by atoms with van der Waals surface area (Å²) in [6.45, 7) is 0.433. The molecule has 0 aliphatic carbocycles. The van der Waals surface area contributed by atoms with Gasteiger partial charge in [0.25, 0.3) is 11.6 Å². The molecule has 0 spiro atoms. The highest BCUT2D eigenvalue weighted by molar-refractivity contribution is 5.94. The molecular weight excluding hydrogens is 431 g/mol. The van der Waals surface area contributed by atoms with Crippen LogP contribution in [0.1, 0.15) is 53.6 Å². The van der Waals surface area contributed by atoms with Gasteiger partial charge < -0.3 is 10.3 Å². The standard InChI is InChI=1S/C23H25FN4O5/c24-20-12-16(23(30)25-10-4-2-1-3-5-22(29)27-31)7-6-15(20)11-17-14-26-21-9-8-18(28(32)33)13-19(17)21/h6-9,12-14,26,31H,1-5,10-11H2,(H,25,30)(H,27,29). The summed E-state index contributed by atoms with van der Waals surface area (Å²) >= 11 is 0. The number of aromatic amines is 1. The molecule has 10 heteroatoms. The number of non-ortho nitro benzene ring substituents is 1. The number of hydrogen-bond donors (Lipinski definition) is 4. The van der Waals surface area contributed by atoms with Crippen molar-refractivity contribution >= 4 is 28.4 Å². The Kier molecular flexibility index (Phi) is 8.09. The maximum atomic E-state index is 14.7. The Balaban J connectivity index is 1.54. The Morgan fingerprint density at radius 1 is 1.06 bits per heavy atom. The molecule has 3 rings (SSSR count). The van der Waals surface area contributed by atoms with Crippen molar-refractivity contribution in [3.63, 3.8) is 0 Å². The number of benzene rings is 2. The smallest absolute Gasteiger partial charge is 0.270 e. The summed E-state index contributed by atoms with van der Waals surface area (Å²) in [7, 11) is 0. The highest BCUT2D eigenvalue weighted by Crippen LogP contribution is 2.26. The van der Waals surface area contributed by atoms with Gasteiger partial charge in [0.1, 0.15) is 5.82 Å². The number of hydroxylamine groups is 1. The van der Waals surface area contributed by atoms with E-state index in [0.717, 1.165) is 30.3 Å². The number of amides is 2. The first-order chi connectivity index (χ1) is 15.9. The molecule has 33 heavy (non-hydrogen) atoms. The van der Waals surface area contributed by atoms with Crippen LogP contribution >= 0.6 is 0 Å². The highest BCUT2D eigenvalue weighted by atomic mass is 19.1. The molecule has 1 heterocycles. The van der Waals surface area contributed by atoms with E-state index < -0.39 is 16.6 Å². The van der Waals surface area contributed by atoms with Gasteiger partial charge in [-0.25, -0.2) is 9.87 Å². The molecule has 0 saturated carbocycles. The van der Waals surface area contributed by atoms with Gasteiger partial charge in [-0.1, -0.05) is 18.9 Å². The maximum absolute atomic E-state index is 14.7. The van der Waals surface area contributed by atoms with Crippen molar-refractivity contribution in [2.75, 3.05) is 6.54 Å². The van der Waals surface area contributed by atoms with Crippen LogP contribution in [0, 0.1) is 15.9 Å². The van der Waals surface area contributed by atoms with Crippen molar-refractivity contribution in [3.8, 4) is 0 Å². The predicted molar refractivity (Wildman–Crippen MR) is 120 cm³/mol. The van der Waals surface area contributed by atoms with E-state index in [1.807, 2.05) is 0 Å². The van der Waals surface area contributed by atoms with E-state index in [4.69, 9.17) is 5.21 Å². The molecule has 0 aliphatic rings.